The summed E-state index contributed by atoms with van der Waals surface area (Å²) in [5, 5.41) is 1.06. The van der Waals surface area contributed by atoms with Crippen LogP contribution in [-0.4, -0.2) is 35.6 Å². The Balaban J connectivity index is 1.97. The molecule has 4 nitrogen and oxygen atoms in total. The smallest absolute Gasteiger partial charge is 0.270 e. The van der Waals surface area contributed by atoms with Crippen LogP contribution < -0.4 is 4.74 Å². The van der Waals surface area contributed by atoms with Gasteiger partial charge in [-0.25, -0.2) is 0 Å². The molecule has 0 atom stereocenters. The van der Waals surface area contributed by atoms with Crippen molar-refractivity contribution in [3.05, 3.63) is 41.6 Å². The molecule has 0 fully saturated rings. The highest BCUT2D eigenvalue weighted by molar-refractivity contribution is 5.99. The summed E-state index contributed by atoms with van der Waals surface area (Å²) in [6, 6.07) is 7.84. The summed E-state index contributed by atoms with van der Waals surface area (Å²) in [4.78, 5) is 14.6. The predicted molar refractivity (Wildman–Crippen MR) is 83.7 cm³/mol. The third-order valence-electron chi connectivity index (χ3n) is 4.20. The fourth-order valence-electron chi connectivity index (χ4n) is 2.76. The number of fused-ring (bicyclic) bond motifs is 1. The lowest BCUT2D eigenvalue weighted by Crippen LogP contribution is -2.35. The zero-order valence-electron chi connectivity index (χ0n) is 12.7. The van der Waals surface area contributed by atoms with Crippen LogP contribution in [0.2, 0.25) is 0 Å². The van der Waals surface area contributed by atoms with E-state index in [1.54, 1.807) is 7.11 Å². The Hall–Kier alpha value is -2.23. The van der Waals surface area contributed by atoms with Gasteiger partial charge < -0.3 is 14.2 Å². The molecule has 0 aliphatic carbocycles. The van der Waals surface area contributed by atoms with Gasteiger partial charge in [0.15, 0.2) is 0 Å². The van der Waals surface area contributed by atoms with Crippen LogP contribution in [0.15, 0.2) is 35.9 Å². The number of benzene rings is 1. The minimum Gasteiger partial charge on any atom is -0.497 e. The molecule has 0 saturated carbocycles. The average Bonchev–Trinajstić information content (AvgIpc) is 2.84. The van der Waals surface area contributed by atoms with E-state index < -0.39 is 0 Å². The van der Waals surface area contributed by atoms with Crippen LogP contribution in [0.1, 0.15) is 23.8 Å². The van der Waals surface area contributed by atoms with Crippen molar-refractivity contribution < 1.29 is 9.53 Å². The van der Waals surface area contributed by atoms with Crippen molar-refractivity contribution in [1.29, 1.82) is 0 Å². The molecule has 4 heteroatoms. The van der Waals surface area contributed by atoms with E-state index in [-0.39, 0.29) is 5.91 Å². The Morgan fingerprint density at radius 3 is 2.76 bits per heavy atom. The second-order valence-electron chi connectivity index (χ2n) is 5.56. The molecule has 0 radical (unpaired) electrons. The molecule has 0 N–H and O–H groups in total. The van der Waals surface area contributed by atoms with E-state index in [0.29, 0.717) is 6.54 Å². The van der Waals surface area contributed by atoms with E-state index in [1.165, 1.54) is 5.57 Å². The maximum absolute atomic E-state index is 12.7. The Morgan fingerprint density at radius 2 is 2.10 bits per heavy atom. The van der Waals surface area contributed by atoms with Gasteiger partial charge in [-0.15, -0.1) is 0 Å². The normalized spacial score (nSPS) is 15.2. The zero-order valence-corrected chi connectivity index (χ0v) is 12.7. The summed E-state index contributed by atoms with van der Waals surface area (Å²) >= 11 is 0. The van der Waals surface area contributed by atoms with Crippen LogP contribution in [0.3, 0.4) is 0 Å². The molecule has 21 heavy (non-hydrogen) atoms. The highest BCUT2D eigenvalue weighted by Gasteiger charge is 2.21. The van der Waals surface area contributed by atoms with Gasteiger partial charge in [-0.3, -0.25) is 4.79 Å². The lowest BCUT2D eigenvalue weighted by Gasteiger charge is -2.25. The fourth-order valence-corrected chi connectivity index (χ4v) is 2.76. The number of nitrogens with zero attached hydrogens (tertiary/aromatic N) is 2. The van der Waals surface area contributed by atoms with E-state index in [1.807, 2.05) is 40.8 Å². The largest absolute Gasteiger partial charge is 0.497 e. The van der Waals surface area contributed by atoms with Gasteiger partial charge in [0.1, 0.15) is 11.4 Å². The van der Waals surface area contributed by atoms with Gasteiger partial charge in [0.25, 0.3) is 5.91 Å². The first-order valence-electron chi connectivity index (χ1n) is 7.18. The van der Waals surface area contributed by atoms with Crippen LogP contribution in [0.4, 0.5) is 0 Å². The number of amides is 1. The number of rotatable bonds is 2. The van der Waals surface area contributed by atoms with Gasteiger partial charge in [0.2, 0.25) is 0 Å². The monoisotopic (exact) mass is 284 g/mol. The summed E-state index contributed by atoms with van der Waals surface area (Å²) in [5.74, 6) is 0.899. The molecule has 0 bridgehead atoms. The number of aryl methyl sites for hydroxylation is 1. The number of ether oxygens (including phenoxy) is 1. The molecule has 1 aliphatic rings. The average molecular weight is 284 g/mol. The van der Waals surface area contributed by atoms with Crippen LogP contribution in [0.25, 0.3) is 10.9 Å². The third-order valence-corrected chi connectivity index (χ3v) is 4.20. The summed E-state index contributed by atoms with van der Waals surface area (Å²) in [6.07, 6.45) is 3.09. The van der Waals surface area contributed by atoms with Crippen LogP contribution in [-0.2, 0) is 7.05 Å². The first kappa shape index (κ1) is 13.7. The lowest BCUT2D eigenvalue weighted by atomic mass is 10.1. The van der Waals surface area contributed by atoms with E-state index in [9.17, 15) is 4.79 Å². The molecule has 2 aromatic rings. The lowest BCUT2D eigenvalue weighted by molar-refractivity contribution is 0.0760. The summed E-state index contributed by atoms with van der Waals surface area (Å²) in [7, 11) is 3.58. The van der Waals surface area contributed by atoms with Crippen molar-refractivity contribution in [2.45, 2.75) is 13.3 Å². The van der Waals surface area contributed by atoms with Crippen molar-refractivity contribution in [1.82, 2.24) is 9.47 Å². The number of carbonyl (C=O) groups excluding carboxylic acids is 1. The van der Waals surface area contributed by atoms with Crippen LogP contribution in [0.5, 0.6) is 5.75 Å². The predicted octanol–water partition coefficient (Wildman–Crippen LogP) is 2.98. The van der Waals surface area contributed by atoms with E-state index in [2.05, 4.69) is 13.0 Å². The van der Waals surface area contributed by atoms with Crippen molar-refractivity contribution in [3.63, 3.8) is 0 Å². The Labute approximate surface area is 124 Å². The van der Waals surface area contributed by atoms with Crippen molar-refractivity contribution in [2.75, 3.05) is 20.2 Å². The minimum atomic E-state index is 0.0939. The van der Waals surface area contributed by atoms with Gasteiger partial charge in [0, 0.05) is 31.6 Å². The van der Waals surface area contributed by atoms with E-state index >= 15 is 0 Å². The second-order valence-corrected chi connectivity index (χ2v) is 5.56. The Bertz CT molecular complexity index is 728. The summed E-state index contributed by atoms with van der Waals surface area (Å²) < 4.78 is 7.21. The standard InChI is InChI=1S/C17H20N2O2/c1-12-6-8-19(9-7-12)17(20)16-10-13-4-5-14(21-3)11-15(13)18(16)2/h4-6,10-11H,7-9H2,1-3H3. The number of hydrogen-bond acceptors (Lipinski definition) is 2. The first-order chi connectivity index (χ1) is 10.1. The van der Waals surface area contributed by atoms with Crippen molar-refractivity contribution >= 4 is 16.8 Å². The van der Waals surface area contributed by atoms with Gasteiger partial charge in [-0.05, 0) is 31.5 Å². The minimum absolute atomic E-state index is 0.0939. The summed E-state index contributed by atoms with van der Waals surface area (Å²) in [6.45, 7) is 3.62. The highest BCUT2D eigenvalue weighted by Crippen LogP contribution is 2.25. The third kappa shape index (κ3) is 2.42. The van der Waals surface area contributed by atoms with Crippen LogP contribution in [0, 0.1) is 0 Å². The van der Waals surface area contributed by atoms with Crippen LogP contribution >= 0.6 is 0 Å². The number of aromatic nitrogens is 1. The Kier molecular flexibility index (Phi) is 3.45. The molecule has 110 valence electrons. The van der Waals surface area contributed by atoms with Gasteiger partial charge >= 0.3 is 0 Å². The Morgan fingerprint density at radius 1 is 1.29 bits per heavy atom. The zero-order chi connectivity index (χ0) is 15.0. The quantitative estimate of drug-likeness (QED) is 0.795. The maximum atomic E-state index is 12.7. The molecule has 1 aromatic heterocycles. The van der Waals surface area contributed by atoms with Gasteiger partial charge in [-0.1, -0.05) is 11.6 Å². The molecule has 0 spiro atoms. The van der Waals surface area contributed by atoms with E-state index in [4.69, 9.17) is 4.74 Å². The highest BCUT2D eigenvalue weighted by atomic mass is 16.5. The SMILES string of the molecule is COc1ccc2cc(C(=O)N3CC=C(C)CC3)n(C)c2c1. The van der Waals surface area contributed by atoms with Crippen molar-refractivity contribution in [2.24, 2.45) is 7.05 Å². The van der Waals surface area contributed by atoms with Gasteiger partial charge in [-0.2, -0.15) is 0 Å². The first-order valence-corrected chi connectivity index (χ1v) is 7.18. The van der Waals surface area contributed by atoms with Crippen molar-refractivity contribution in [3.8, 4) is 5.75 Å². The van der Waals surface area contributed by atoms with E-state index in [0.717, 1.165) is 35.3 Å². The molecule has 3 rings (SSSR count). The molecule has 1 aliphatic heterocycles. The topological polar surface area (TPSA) is 34.5 Å². The number of methoxy groups -OCH3 is 1. The molecule has 0 saturated heterocycles. The molecule has 0 unspecified atom stereocenters. The fraction of sp³-hybridized carbons (Fsp3) is 0.353. The molecule has 1 amide bonds. The molecule has 1 aromatic carbocycles. The number of carbonyl (C=O) groups is 1. The molecular formula is C17H20N2O2. The maximum Gasteiger partial charge on any atom is 0.270 e. The van der Waals surface area contributed by atoms with Gasteiger partial charge in [0.05, 0.1) is 12.6 Å². The second kappa shape index (κ2) is 5.28. The summed E-state index contributed by atoms with van der Waals surface area (Å²) in [5.41, 5.74) is 3.11. The molecule has 2 heterocycles. The molecular weight excluding hydrogens is 264 g/mol. The number of hydrogen-bond donors (Lipinski definition) is 0.